The van der Waals surface area contributed by atoms with Gasteiger partial charge in [-0.1, -0.05) is 11.6 Å². The third-order valence-corrected chi connectivity index (χ3v) is 5.45. The highest BCUT2D eigenvalue weighted by atomic mass is 35.5. The van der Waals surface area contributed by atoms with E-state index in [1.54, 1.807) is 6.20 Å². The Bertz CT molecular complexity index is 1190. The van der Waals surface area contributed by atoms with E-state index in [0.717, 1.165) is 6.07 Å². The zero-order valence-electron chi connectivity index (χ0n) is 16.6. The lowest BCUT2D eigenvalue weighted by Crippen LogP contribution is -2.50. The fourth-order valence-electron chi connectivity index (χ4n) is 3.55. The van der Waals surface area contributed by atoms with Gasteiger partial charge in [0.05, 0.1) is 16.8 Å². The van der Waals surface area contributed by atoms with Crippen molar-refractivity contribution in [2.24, 2.45) is 0 Å². The number of piperazine rings is 1. The van der Waals surface area contributed by atoms with Crippen LogP contribution in [0.3, 0.4) is 0 Å². The normalized spacial score (nSPS) is 13.8. The van der Waals surface area contributed by atoms with E-state index in [1.165, 1.54) is 57.2 Å². The SMILES string of the molecule is O=C(c1ccc(-n2ccnc2)c([N+](=O)[O-])c1)N1CCN(C(=O)c2cc(Cl)ccc2F)CC1. The summed E-state index contributed by atoms with van der Waals surface area (Å²) in [6.07, 6.45) is 4.50. The number of hydrogen-bond acceptors (Lipinski definition) is 5. The smallest absolute Gasteiger partial charge is 0.294 e. The molecular formula is C21H17ClFN5O4. The summed E-state index contributed by atoms with van der Waals surface area (Å²) in [6, 6.07) is 8.02. The maximum absolute atomic E-state index is 14.0. The van der Waals surface area contributed by atoms with E-state index in [-0.39, 0.29) is 53.9 Å². The van der Waals surface area contributed by atoms with E-state index in [9.17, 15) is 24.1 Å². The molecule has 2 heterocycles. The molecule has 11 heteroatoms. The summed E-state index contributed by atoms with van der Waals surface area (Å²) in [4.78, 5) is 43.4. The Morgan fingerprint density at radius 3 is 2.34 bits per heavy atom. The van der Waals surface area contributed by atoms with Gasteiger partial charge in [0.1, 0.15) is 11.5 Å². The number of rotatable bonds is 4. The third kappa shape index (κ3) is 4.17. The molecule has 1 fully saturated rings. The molecule has 3 aromatic rings. The van der Waals surface area contributed by atoms with Gasteiger partial charge < -0.3 is 14.4 Å². The van der Waals surface area contributed by atoms with Crippen molar-refractivity contribution in [1.82, 2.24) is 19.4 Å². The van der Waals surface area contributed by atoms with Crippen LogP contribution in [0.5, 0.6) is 0 Å². The predicted molar refractivity (Wildman–Crippen MR) is 113 cm³/mol. The second-order valence-electron chi connectivity index (χ2n) is 7.14. The van der Waals surface area contributed by atoms with E-state index in [1.807, 2.05) is 0 Å². The molecule has 164 valence electrons. The zero-order valence-corrected chi connectivity index (χ0v) is 17.4. The Kier molecular flexibility index (Phi) is 5.87. The highest BCUT2D eigenvalue weighted by Gasteiger charge is 2.28. The summed E-state index contributed by atoms with van der Waals surface area (Å²) >= 11 is 5.87. The minimum atomic E-state index is -0.664. The van der Waals surface area contributed by atoms with Crippen molar-refractivity contribution in [1.29, 1.82) is 0 Å². The van der Waals surface area contributed by atoms with E-state index in [4.69, 9.17) is 11.6 Å². The minimum Gasteiger partial charge on any atom is -0.335 e. The van der Waals surface area contributed by atoms with Gasteiger partial charge in [-0.3, -0.25) is 19.7 Å². The van der Waals surface area contributed by atoms with Crippen LogP contribution < -0.4 is 0 Å². The topological polar surface area (TPSA) is 102 Å². The number of carbonyl (C=O) groups excluding carboxylic acids is 2. The van der Waals surface area contributed by atoms with E-state index >= 15 is 0 Å². The molecule has 0 atom stereocenters. The molecule has 4 rings (SSSR count). The van der Waals surface area contributed by atoms with Gasteiger partial charge in [0, 0.05) is 55.2 Å². The molecule has 1 aliphatic rings. The lowest BCUT2D eigenvalue weighted by atomic mass is 10.1. The first kappa shape index (κ1) is 21.4. The summed E-state index contributed by atoms with van der Waals surface area (Å²) in [7, 11) is 0. The fraction of sp³-hybridized carbons (Fsp3) is 0.190. The van der Waals surface area contributed by atoms with Gasteiger partial charge in [-0.15, -0.1) is 0 Å². The van der Waals surface area contributed by atoms with Gasteiger partial charge in [0.25, 0.3) is 17.5 Å². The molecule has 0 N–H and O–H groups in total. The number of nitrogens with zero attached hydrogens (tertiary/aromatic N) is 5. The molecule has 32 heavy (non-hydrogen) atoms. The summed E-state index contributed by atoms with van der Waals surface area (Å²) in [5.74, 6) is -1.55. The molecule has 2 aromatic carbocycles. The number of carbonyl (C=O) groups is 2. The van der Waals surface area contributed by atoms with Crippen LogP contribution in [0, 0.1) is 15.9 Å². The van der Waals surface area contributed by atoms with Crippen molar-refractivity contribution >= 4 is 29.1 Å². The average Bonchev–Trinajstić information content (AvgIpc) is 3.34. The maximum atomic E-state index is 14.0. The van der Waals surface area contributed by atoms with Gasteiger partial charge >= 0.3 is 0 Å². The van der Waals surface area contributed by atoms with Crippen LogP contribution in [0.25, 0.3) is 5.69 Å². The van der Waals surface area contributed by atoms with Gasteiger partial charge in [-0.2, -0.15) is 0 Å². The van der Waals surface area contributed by atoms with Crippen LogP contribution in [0.15, 0.2) is 55.1 Å². The molecule has 2 amide bonds. The number of nitro benzene ring substituents is 1. The average molecular weight is 458 g/mol. The molecule has 1 saturated heterocycles. The summed E-state index contributed by atoms with van der Waals surface area (Å²) in [6.45, 7) is 0.825. The lowest BCUT2D eigenvalue weighted by molar-refractivity contribution is -0.384. The molecule has 9 nitrogen and oxygen atoms in total. The maximum Gasteiger partial charge on any atom is 0.294 e. The van der Waals surface area contributed by atoms with Crippen molar-refractivity contribution in [3.63, 3.8) is 0 Å². The molecule has 0 spiro atoms. The van der Waals surface area contributed by atoms with Crippen molar-refractivity contribution in [2.75, 3.05) is 26.2 Å². The number of imidazole rings is 1. The number of amides is 2. The van der Waals surface area contributed by atoms with Crippen molar-refractivity contribution in [2.45, 2.75) is 0 Å². The van der Waals surface area contributed by atoms with Crippen molar-refractivity contribution in [3.05, 3.63) is 87.2 Å². The fourth-order valence-corrected chi connectivity index (χ4v) is 3.72. The summed E-state index contributed by atoms with van der Waals surface area (Å²) < 4.78 is 15.5. The zero-order chi connectivity index (χ0) is 22.8. The summed E-state index contributed by atoms with van der Waals surface area (Å²) in [5.41, 5.74) is 0.117. The first-order chi connectivity index (χ1) is 15.3. The predicted octanol–water partition coefficient (Wildman–Crippen LogP) is 3.17. The van der Waals surface area contributed by atoms with E-state index < -0.39 is 16.6 Å². The Labute approximate surface area is 186 Å². The molecule has 1 aromatic heterocycles. The number of halogens is 2. The quantitative estimate of drug-likeness (QED) is 0.442. The van der Waals surface area contributed by atoms with E-state index in [2.05, 4.69) is 4.98 Å². The Hall–Kier alpha value is -3.79. The lowest BCUT2D eigenvalue weighted by Gasteiger charge is -2.35. The highest BCUT2D eigenvalue weighted by molar-refractivity contribution is 6.31. The molecule has 0 saturated carbocycles. The standard InChI is InChI=1S/C21H17ClFN5O4/c22-15-2-3-17(23)16(12-15)21(30)26-9-7-25(8-10-26)20(29)14-1-4-18(19(11-14)28(31)32)27-6-5-24-13-27/h1-6,11-13H,7-10H2. The second kappa shape index (κ2) is 8.75. The molecule has 0 bridgehead atoms. The van der Waals surface area contributed by atoms with Crippen LogP contribution in [-0.2, 0) is 0 Å². The molecule has 1 aliphatic heterocycles. The highest BCUT2D eigenvalue weighted by Crippen LogP contribution is 2.25. The van der Waals surface area contributed by atoms with Crippen LogP contribution in [-0.4, -0.2) is 62.3 Å². The van der Waals surface area contributed by atoms with Crippen molar-refractivity contribution in [3.8, 4) is 5.69 Å². The van der Waals surface area contributed by atoms with E-state index in [0.29, 0.717) is 5.69 Å². The number of nitro groups is 1. The van der Waals surface area contributed by atoms with Gasteiger partial charge in [-0.05, 0) is 30.3 Å². The molecular weight excluding hydrogens is 441 g/mol. The molecule has 0 aliphatic carbocycles. The first-order valence-corrected chi connectivity index (χ1v) is 10.0. The largest absolute Gasteiger partial charge is 0.335 e. The Morgan fingerprint density at radius 1 is 1.03 bits per heavy atom. The van der Waals surface area contributed by atoms with Gasteiger partial charge in [0.2, 0.25) is 0 Å². The Balaban J connectivity index is 1.48. The van der Waals surface area contributed by atoms with Crippen molar-refractivity contribution < 1.29 is 18.9 Å². The van der Waals surface area contributed by atoms with Crippen LogP contribution in [0.4, 0.5) is 10.1 Å². The number of hydrogen-bond donors (Lipinski definition) is 0. The Morgan fingerprint density at radius 2 is 1.72 bits per heavy atom. The molecule has 0 unspecified atom stereocenters. The number of aromatic nitrogens is 2. The second-order valence-corrected chi connectivity index (χ2v) is 7.58. The van der Waals surface area contributed by atoms with Crippen LogP contribution in [0.1, 0.15) is 20.7 Å². The van der Waals surface area contributed by atoms with Crippen LogP contribution in [0.2, 0.25) is 5.02 Å². The van der Waals surface area contributed by atoms with Gasteiger partial charge in [0.15, 0.2) is 0 Å². The minimum absolute atomic E-state index is 0.122. The van der Waals surface area contributed by atoms with Gasteiger partial charge in [-0.25, -0.2) is 9.37 Å². The van der Waals surface area contributed by atoms with Crippen LogP contribution >= 0.6 is 11.6 Å². The third-order valence-electron chi connectivity index (χ3n) is 5.21. The number of benzene rings is 2. The molecule has 0 radical (unpaired) electrons. The summed E-state index contributed by atoms with van der Waals surface area (Å²) in [5, 5.41) is 11.8. The first-order valence-electron chi connectivity index (χ1n) is 9.65. The monoisotopic (exact) mass is 457 g/mol.